The van der Waals surface area contributed by atoms with Crippen LogP contribution in [0.4, 0.5) is 0 Å². The van der Waals surface area contributed by atoms with Gasteiger partial charge in [-0.2, -0.15) is 0 Å². The van der Waals surface area contributed by atoms with E-state index < -0.39 is 0 Å². The maximum absolute atomic E-state index is 10.4. The Labute approximate surface area is 86.6 Å². The van der Waals surface area contributed by atoms with Gasteiger partial charge >= 0.3 is 5.97 Å². The van der Waals surface area contributed by atoms with Crippen molar-refractivity contribution in [3.05, 3.63) is 24.0 Å². The van der Waals surface area contributed by atoms with Crippen LogP contribution in [0.2, 0.25) is 0 Å². The molecule has 0 aromatic rings. The minimum Gasteiger partial charge on any atom is -0.435 e. The zero-order valence-corrected chi connectivity index (χ0v) is 9.54. The molecule has 1 atom stereocenters. The first-order chi connectivity index (χ1) is 6.52. The lowest BCUT2D eigenvalue weighted by atomic mass is 10.1. The molecule has 0 radical (unpaired) electrons. The van der Waals surface area contributed by atoms with E-state index in [9.17, 15) is 4.79 Å². The van der Waals surface area contributed by atoms with E-state index in [1.807, 2.05) is 6.08 Å². The number of esters is 1. The lowest BCUT2D eigenvalue weighted by Gasteiger charge is -2.02. The third-order valence-electron chi connectivity index (χ3n) is 1.82. The Hall–Kier alpha value is -1.05. The van der Waals surface area contributed by atoms with E-state index in [1.54, 1.807) is 0 Å². The van der Waals surface area contributed by atoms with E-state index >= 15 is 0 Å². The fourth-order valence-electron chi connectivity index (χ4n) is 1.00. The van der Waals surface area contributed by atoms with Gasteiger partial charge in [0, 0.05) is 6.92 Å². The maximum atomic E-state index is 10.4. The van der Waals surface area contributed by atoms with Crippen molar-refractivity contribution >= 4 is 5.97 Å². The van der Waals surface area contributed by atoms with Crippen LogP contribution in [0.25, 0.3) is 0 Å². The molecule has 2 nitrogen and oxygen atoms in total. The van der Waals surface area contributed by atoms with E-state index in [0.29, 0.717) is 5.92 Å². The van der Waals surface area contributed by atoms with E-state index in [0.717, 1.165) is 12.8 Å². The van der Waals surface area contributed by atoms with Crippen LogP contribution in [0.3, 0.4) is 0 Å². The first kappa shape index (κ1) is 12.9. The molecule has 0 amide bonds. The van der Waals surface area contributed by atoms with E-state index in [2.05, 4.69) is 26.8 Å². The Morgan fingerprint density at radius 2 is 2.00 bits per heavy atom. The summed E-state index contributed by atoms with van der Waals surface area (Å²) in [7, 11) is 0. The van der Waals surface area contributed by atoms with Gasteiger partial charge in [-0.05, 0) is 38.7 Å². The SMILES string of the molecule is CC(=O)O/C=C\C(C)CCC=C(C)C. The van der Waals surface area contributed by atoms with Crippen molar-refractivity contribution < 1.29 is 9.53 Å². The van der Waals surface area contributed by atoms with Crippen LogP contribution < -0.4 is 0 Å². The van der Waals surface area contributed by atoms with Gasteiger partial charge in [0.2, 0.25) is 0 Å². The van der Waals surface area contributed by atoms with Crippen molar-refractivity contribution in [1.29, 1.82) is 0 Å². The Bertz CT molecular complexity index is 222. The first-order valence-electron chi connectivity index (χ1n) is 4.99. The number of hydrogen-bond acceptors (Lipinski definition) is 2. The molecule has 2 heteroatoms. The van der Waals surface area contributed by atoms with Gasteiger partial charge in [0.05, 0.1) is 6.26 Å². The highest BCUT2D eigenvalue weighted by molar-refractivity contribution is 5.66. The molecule has 14 heavy (non-hydrogen) atoms. The number of ether oxygens (including phenoxy) is 1. The van der Waals surface area contributed by atoms with E-state index in [1.165, 1.54) is 18.8 Å². The molecule has 0 bridgehead atoms. The fourth-order valence-corrected chi connectivity index (χ4v) is 1.00. The third kappa shape index (κ3) is 9.04. The van der Waals surface area contributed by atoms with Crippen LogP contribution >= 0.6 is 0 Å². The second kappa shape index (κ2) is 7.36. The number of carbonyl (C=O) groups excluding carboxylic acids is 1. The molecule has 0 saturated heterocycles. The summed E-state index contributed by atoms with van der Waals surface area (Å²) >= 11 is 0. The van der Waals surface area contributed by atoms with Crippen molar-refractivity contribution in [1.82, 2.24) is 0 Å². The summed E-state index contributed by atoms with van der Waals surface area (Å²) in [6, 6.07) is 0. The minimum absolute atomic E-state index is 0.266. The lowest BCUT2D eigenvalue weighted by Crippen LogP contribution is -1.93. The number of allylic oxidation sites excluding steroid dienone is 3. The first-order valence-corrected chi connectivity index (χ1v) is 4.99. The normalized spacial score (nSPS) is 12.6. The summed E-state index contributed by atoms with van der Waals surface area (Å²) in [4.78, 5) is 10.4. The van der Waals surface area contributed by atoms with Crippen molar-refractivity contribution in [2.24, 2.45) is 5.92 Å². The van der Waals surface area contributed by atoms with Gasteiger partial charge in [-0.3, -0.25) is 4.79 Å². The largest absolute Gasteiger partial charge is 0.435 e. The quantitative estimate of drug-likeness (QED) is 0.382. The van der Waals surface area contributed by atoms with E-state index in [4.69, 9.17) is 4.74 Å². The van der Waals surface area contributed by atoms with Crippen molar-refractivity contribution in [3.63, 3.8) is 0 Å². The second-order valence-corrected chi connectivity index (χ2v) is 3.77. The molecule has 80 valence electrons. The van der Waals surface area contributed by atoms with E-state index in [-0.39, 0.29) is 5.97 Å². The topological polar surface area (TPSA) is 26.3 Å². The Kier molecular flexibility index (Phi) is 6.81. The van der Waals surface area contributed by atoms with Gasteiger partial charge in [0.15, 0.2) is 0 Å². The van der Waals surface area contributed by atoms with Gasteiger partial charge in [0.25, 0.3) is 0 Å². The molecule has 0 N–H and O–H groups in total. The standard InChI is InChI=1S/C12H20O2/c1-10(2)6-5-7-11(3)8-9-14-12(4)13/h6,8-9,11H,5,7H2,1-4H3/b9-8-. The molecule has 0 spiro atoms. The lowest BCUT2D eigenvalue weighted by molar-refractivity contribution is -0.135. The van der Waals surface area contributed by atoms with Gasteiger partial charge in [0.1, 0.15) is 0 Å². The highest BCUT2D eigenvalue weighted by Crippen LogP contribution is 2.09. The summed E-state index contributed by atoms with van der Waals surface area (Å²) in [5.41, 5.74) is 1.35. The molecular weight excluding hydrogens is 176 g/mol. The van der Waals surface area contributed by atoms with Gasteiger partial charge in [-0.15, -0.1) is 0 Å². The molecule has 0 heterocycles. The molecule has 0 aliphatic rings. The highest BCUT2D eigenvalue weighted by atomic mass is 16.5. The van der Waals surface area contributed by atoms with Gasteiger partial charge in [-0.25, -0.2) is 0 Å². The fraction of sp³-hybridized carbons (Fsp3) is 0.583. The van der Waals surface area contributed by atoms with Crippen LogP contribution in [0, 0.1) is 5.92 Å². The zero-order chi connectivity index (χ0) is 11.0. The molecule has 0 aliphatic carbocycles. The molecule has 0 rings (SSSR count). The minimum atomic E-state index is -0.266. The molecule has 1 unspecified atom stereocenters. The second-order valence-electron chi connectivity index (χ2n) is 3.77. The van der Waals surface area contributed by atoms with Gasteiger partial charge < -0.3 is 4.74 Å². The third-order valence-corrected chi connectivity index (χ3v) is 1.82. The summed E-state index contributed by atoms with van der Waals surface area (Å²) in [5, 5.41) is 0. The van der Waals surface area contributed by atoms with Gasteiger partial charge in [-0.1, -0.05) is 18.6 Å². The molecule has 0 aromatic heterocycles. The van der Waals surface area contributed by atoms with Crippen LogP contribution in [-0.2, 0) is 9.53 Å². The molecule has 0 saturated carbocycles. The Morgan fingerprint density at radius 1 is 1.36 bits per heavy atom. The smallest absolute Gasteiger partial charge is 0.307 e. The summed E-state index contributed by atoms with van der Waals surface area (Å²) in [5.74, 6) is 0.183. The van der Waals surface area contributed by atoms with Crippen LogP contribution in [-0.4, -0.2) is 5.97 Å². The zero-order valence-electron chi connectivity index (χ0n) is 9.54. The summed E-state index contributed by atoms with van der Waals surface area (Å²) < 4.78 is 4.71. The van der Waals surface area contributed by atoms with Crippen molar-refractivity contribution in [2.45, 2.75) is 40.5 Å². The molecular formula is C12H20O2. The monoisotopic (exact) mass is 196 g/mol. The predicted molar refractivity (Wildman–Crippen MR) is 58.7 cm³/mol. The number of carbonyl (C=O) groups is 1. The Morgan fingerprint density at radius 3 is 2.50 bits per heavy atom. The highest BCUT2D eigenvalue weighted by Gasteiger charge is 1.95. The molecule has 0 aliphatic heterocycles. The van der Waals surface area contributed by atoms with Crippen LogP contribution in [0.1, 0.15) is 40.5 Å². The Balaban J connectivity index is 3.64. The average Bonchev–Trinajstić information content (AvgIpc) is 2.02. The summed E-state index contributed by atoms with van der Waals surface area (Å²) in [6.45, 7) is 7.70. The predicted octanol–water partition coefficient (Wildman–Crippen LogP) is 3.45. The number of rotatable bonds is 5. The maximum Gasteiger partial charge on any atom is 0.307 e. The van der Waals surface area contributed by atoms with Crippen molar-refractivity contribution in [2.75, 3.05) is 0 Å². The van der Waals surface area contributed by atoms with Crippen molar-refractivity contribution in [3.8, 4) is 0 Å². The molecule has 0 aromatic carbocycles. The molecule has 0 fully saturated rings. The average molecular weight is 196 g/mol. The summed E-state index contributed by atoms with van der Waals surface area (Å²) in [6.07, 6.45) is 7.78. The number of hydrogen-bond donors (Lipinski definition) is 0. The van der Waals surface area contributed by atoms with Crippen LogP contribution in [0.15, 0.2) is 24.0 Å². The van der Waals surface area contributed by atoms with Crippen LogP contribution in [0.5, 0.6) is 0 Å².